The fourth-order valence-corrected chi connectivity index (χ4v) is 1.43. The van der Waals surface area contributed by atoms with E-state index in [1.54, 1.807) is 0 Å². The fourth-order valence-electron chi connectivity index (χ4n) is 1.43. The summed E-state index contributed by atoms with van der Waals surface area (Å²) < 4.78 is 5.48. The molecular formula is C13H23N3O. The first-order valence-corrected chi connectivity index (χ1v) is 6.22. The first kappa shape index (κ1) is 13.8. The number of anilines is 2. The van der Waals surface area contributed by atoms with Crippen molar-refractivity contribution in [3.8, 4) is 0 Å². The minimum absolute atomic E-state index is 0.330. The Morgan fingerprint density at radius 3 is 2.71 bits per heavy atom. The Bertz CT molecular complexity index is 315. The summed E-state index contributed by atoms with van der Waals surface area (Å²) in [4.78, 5) is 4.38. The van der Waals surface area contributed by atoms with Crippen molar-refractivity contribution in [2.75, 3.05) is 30.8 Å². The van der Waals surface area contributed by atoms with Crippen molar-refractivity contribution < 1.29 is 4.74 Å². The van der Waals surface area contributed by atoms with Gasteiger partial charge in [0.1, 0.15) is 11.6 Å². The zero-order chi connectivity index (χ0) is 12.5. The maximum Gasteiger partial charge on any atom is 0.128 e. The molecule has 0 fully saturated rings. The minimum Gasteiger partial charge on any atom is -0.379 e. The van der Waals surface area contributed by atoms with Crippen molar-refractivity contribution in [1.82, 2.24) is 4.98 Å². The Balaban J connectivity index is 2.13. The van der Waals surface area contributed by atoms with Gasteiger partial charge < -0.3 is 15.4 Å². The highest BCUT2D eigenvalue weighted by molar-refractivity contribution is 5.44. The second kappa shape index (κ2) is 7.90. The molecule has 1 rings (SSSR count). The van der Waals surface area contributed by atoms with Gasteiger partial charge in [0.25, 0.3) is 0 Å². The molecule has 1 heterocycles. The third kappa shape index (κ3) is 6.12. The molecule has 1 aromatic rings. The summed E-state index contributed by atoms with van der Waals surface area (Å²) in [6, 6.07) is 5.91. The molecule has 0 spiro atoms. The lowest BCUT2D eigenvalue weighted by Gasteiger charge is -2.08. The van der Waals surface area contributed by atoms with E-state index in [0.717, 1.165) is 37.6 Å². The van der Waals surface area contributed by atoms with E-state index >= 15 is 0 Å². The van der Waals surface area contributed by atoms with E-state index in [9.17, 15) is 0 Å². The van der Waals surface area contributed by atoms with Crippen molar-refractivity contribution in [2.24, 2.45) is 0 Å². The predicted octanol–water partition coefficient (Wildman–Crippen LogP) is 2.74. The highest BCUT2D eigenvalue weighted by Gasteiger charge is 1.96. The molecule has 0 radical (unpaired) electrons. The average molecular weight is 237 g/mol. The molecule has 0 aromatic carbocycles. The van der Waals surface area contributed by atoms with Crippen LogP contribution in [-0.2, 0) is 4.74 Å². The second-order valence-electron chi connectivity index (χ2n) is 4.21. The highest BCUT2D eigenvalue weighted by Crippen LogP contribution is 2.08. The monoisotopic (exact) mass is 237 g/mol. The quantitative estimate of drug-likeness (QED) is 0.682. The van der Waals surface area contributed by atoms with Gasteiger partial charge in [0.15, 0.2) is 0 Å². The topological polar surface area (TPSA) is 46.2 Å². The van der Waals surface area contributed by atoms with Crippen molar-refractivity contribution in [2.45, 2.75) is 32.8 Å². The first-order valence-electron chi connectivity index (χ1n) is 6.22. The van der Waals surface area contributed by atoms with Crippen LogP contribution in [-0.4, -0.2) is 31.3 Å². The van der Waals surface area contributed by atoms with E-state index in [1.165, 1.54) is 0 Å². The van der Waals surface area contributed by atoms with Gasteiger partial charge in [-0.1, -0.05) is 6.07 Å². The van der Waals surface area contributed by atoms with Gasteiger partial charge in [-0.2, -0.15) is 0 Å². The molecule has 0 saturated heterocycles. The lowest BCUT2D eigenvalue weighted by molar-refractivity contribution is 0.0765. The van der Waals surface area contributed by atoms with Gasteiger partial charge in [-0.25, -0.2) is 4.98 Å². The van der Waals surface area contributed by atoms with E-state index in [4.69, 9.17) is 4.74 Å². The zero-order valence-electron chi connectivity index (χ0n) is 11.0. The van der Waals surface area contributed by atoms with Gasteiger partial charge in [0.05, 0.1) is 6.10 Å². The van der Waals surface area contributed by atoms with Crippen molar-refractivity contribution >= 4 is 11.6 Å². The molecule has 0 aliphatic carbocycles. The molecule has 0 unspecified atom stereocenters. The van der Waals surface area contributed by atoms with Crippen molar-refractivity contribution in [1.29, 1.82) is 0 Å². The van der Waals surface area contributed by atoms with Crippen LogP contribution in [0.25, 0.3) is 0 Å². The minimum atomic E-state index is 0.330. The van der Waals surface area contributed by atoms with Crippen LogP contribution in [0.5, 0.6) is 0 Å². The number of hydrogen-bond donors (Lipinski definition) is 2. The van der Waals surface area contributed by atoms with E-state index in [-0.39, 0.29) is 0 Å². The van der Waals surface area contributed by atoms with Gasteiger partial charge >= 0.3 is 0 Å². The number of aromatic nitrogens is 1. The van der Waals surface area contributed by atoms with Crippen LogP contribution in [0.2, 0.25) is 0 Å². The molecule has 4 heteroatoms. The van der Waals surface area contributed by atoms with Crippen LogP contribution >= 0.6 is 0 Å². The van der Waals surface area contributed by atoms with Crippen molar-refractivity contribution in [3.05, 3.63) is 18.2 Å². The Hall–Kier alpha value is -1.29. The molecule has 1 aromatic heterocycles. The van der Waals surface area contributed by atoms with Crippen LogP contribution in [0.4, 0.5) is 11.6 Å². The third-order valence-corrected chi connectivity index (χ3v) is 2.33. The van der Waals surface area contributed by atoms with Gasteiger partial charge in [-0.15, -0.1) is 0 Å². The van der Waals surface area contributed by atoms with E-state index in [2.05, 4.69) is 29.5 Å². The number of rotatable bonds is 8. The molecule has 0 saturated carbocycles. The van der Waals surface area contributed by atoms with Crippen LogP contribution in [0.15, 0.2) is 18.2 Å². The average Bonchev–Trinajstić information content (AvgIpc) is 2.33. The van der Waals surface area contributed by atoms with Gasteiger partial charge in [0.2, 0.25) is 0 Å². The summed E-state index contributed by atoms with van der Waals surface area (Å²) in [5.74, 6) is 1.81. The second-order valence-corrected chi connectivity index (χ2v) is 4.21. The SMILES string of the molecule is CNc1cccc(NCCCCOC(C)C)n1. The molecule has 17 heavy (non-hydrogen) atoms. The molecule has 2 N–H and O–H groups in total. The maximum absolute atomic E-state index is 5.48. The summed E-state index contributed by atoms with van der Waals surface area (Å²) in [5, 5.41) is 6.32. The molecular weight excluding hydrogens is 214 g/mol. The maximum atomic E-state index is 5.48. The summed E-state index contributed by atoms with van der Waals surface area (Å²) in [6.45, 7) is 5.89. The van der Waals surface area contributed by atoms with Crippen molar-refractivity contribution in [3.63, 3.8) is 0 Å². The largest absolute Gasteiger partial charge is 0.379 e. The summed E-state index contributed by atoms with van der Waals surface area (Å²) >= 11 is 0. The van der Waals surface area contributed by atoms with Crippen LogP contribution in [0.3, 0.4) is 0 Å². The van der Waals surface area contributed by atoms with Crippen LogP contribution in [0, 0.1) is 0 Å². The van der Waals surface area contributed by atoms with Crippen LogP contribution in [0.1, 0.15) is 26.7 Å². The first-order chi connectivity index (χ1) is 8.22. The zero-order valence-corrected chi connectivity index (χ0v) is 11.0. The Morgan fingerprint density at radius 2 is 2.00 bits per heavy atom. The number of nitrogens with one attached hydrogen (secondary N) is 2. The standard InChI is InChI=1S/C13H23N3O/c1-11(2)17-10-5-4-9-15-13-8-6-7-12(14-3)16-13/h6-8,11H,4-5,9-10H2,1-3H3,(H2,14,15,16). The smallest absolute Gasteiger partial charge is 0.128 e. The van der Waals surface area contributed by atoms with Gasteiger partial charge in [-0.05, 0) is 38.8 Å². The molecule has 0 amide bonds. The normalized spacial score (nSPS) is 10.6. The fraction of sp³-hybridized carbons (Fsp3) is 0.615. The van der Waals surface area contributed by atoms with E-state index in [0.29, 0.717) is 6.10 Å². The lowest BCUT2D eigenvalue weighted by atomic mass is 10.3. The molecule has 0 bridgehead atoms. The summed E-state index contributed by atoms with van der Waals surface area (Å²) in [6.07, 6.45) is 2.51. The number of unbranched alkanes of at least 4 members (excludes halogenated alkanes) is 1. The predicted molar refractivity (Wildman–Crippen MR) is 72.6 cm³/mol. The molecule has 96 valence electrons. The summed E-state index contributed by atoms with van der Waals surface area (Å²) in [7, 11) is 1.87. The number of nitrogens with zero attached hydrogens (tertiary/aromatic N) is 1. The van der Waals surface area contributed by atoms with Crippen LogP contribution < -0.4 is 10.6 Å². The van der Waals surface area contributed by atoms with Gasteiger partial charge in [-0.3, -0.25) is 0 Å². The lowest BCUT2D eigenvalue weighted by Crippen LogP contribution is -2.08. The number of pyridine rings is 1. The Kier molecular flexibility index (Phi) is 6.40. The van der Waals surface area contributed by atoms with E-state index in [1.807, 2.05) is 25.2 Å². The van der Waals surface area contributed by atoms with Gasteiger partial charge in [0, 0.05) is 20.2 Å². The molecule has 0 aliphatic rings. The number of hydrogen-bond acceptors (Lipinski definition) is 4. The third-order valence-electron chi connectivity index (χ3n) is 2.33. The molecule has 0 atom stereocenters. The molecule has 4 nitrogen and oxygen atoms in total. The Labute approximate surface area is 104 Å². The number of ether oxygens (including phenoxy) is 1. The Morgan fingerprint density at radius 1 is 1.24 bits per heavy atom. The summed E-state index contributed by atoms with van der Waals surface area (Å²) in [5.41, 5.74) is 0. The molecule has 0 aliphatic heterocycles. The van der Waals surface area contributed by atoms with E-state index < -0.39 is 0 Å². The highest BCUT2D eigenvalue weighted by atomic mass is 16.5.